The zero-order chi connectivity index (χ0) is 24.8. The van der Waals surface area contributed by atoms with E-state index in [2.05, 4.69) is 5.32 Å². The van der Waals surface area contributed by atoms with E-state index in [1.54, 1.807) is 5.32 Å². The van der Waals surface area contributed by atoms with Gasteiger partial charge in [-0.25, -0.2) is 8.78 Å². The maximum absolute atomic E-state index is 15.2. The summed E-state index contributed by atoms with van der Waals surface area (Å²) in [6.07, 6.45) is -4.95. The molecule has 1 fully saturated rings. The van der Waals surface area contributed by atoms with Crippen LogP contribution in [0.3, 0.4) is 0 Å². The van der Waals surface area contributed by atoms with E-state index in [9.17, 15) is 36.7 Å². The molecule has 4 rings (SSSR count). The fourth-order valence-corrected chi connectivity index (χ4v) is 4.00. The average Bonchev–Trinajstić information content (AvgIpc) is 3.09. The summed E-state index contributed by atoms with van der Waals surface area (Å²) in [7, 11) is 0. The van der Waals surface area contributed by atoms with Gasteiger partial charge in [0.2, 0.25) is 11.8 Å². The molecule has 4 amide bonds. The molecular weight excluding hydrogens is 465 g/mol. The Labute approximate surface area is 188 Å². The highest BCUT2D eigenvalue weighted by Gasteiger charge is 2.44. The van der Waals surface area contributed by atoms with Crippen LogP contribution in [0.5, 0.6) is 0 Å². The molecule has 2 aromatic carbocycles. The van der Waals surface area contributed by atoms with Crippen molar-refractivity contribution >= 4 is 23.6 Å². The molecule has 2 heterocycles. The van der Waals surface area contributed by atoms with Gasteiger partial charge < -0.3 is 10.2 Å². The van der Waals surface area contributed by atoms with Crippen LogP contribution in [-0.2, 0) is 16.1 Å². The number of halogens is 5. The summed E-state index contributed by atoms with van der Waals surface area (Å²) >= 11 is 0. The molecule has 2 aromatic rings. The molecule has 34 heavy (non-hydrogen) atoms. The minimum atomic E-state index is -4.96. The second-order valence-corrected chi connectivity index (χ2v) is 7.85. The number of alkyl halides is 3. The number of nitrogens with one attached hydrogen (secondary N) is 2. The third-order valence-corrected chi connectivity index (χ3v) is 5.70. The summed E-state index contributed by atoms with van der Waals surface area (Å²) in [5.74, 6) is -5.28. The Morgan fingerprint density at radius 1 is 1.06 bits per heavy atom. The summed E-state index contributed by atoms with van der Waals surface area (Å²) < 4.78 is 69.0. The molecule has 0 bridgehead atoms. The van der Waals surface area contributed by atoms with Gasteiger partial charge in [-0.05, 0) is 36.2 Å². The van der Waals surface area contributed by atoms with Gasteiger partial charge in [0.05, 0.1) is 12.1 Å². The lowest BCUT2D eigenvalue weighted by Crippen LogP contribution is -2.52. The lowest BCUT2D eigenvalue weighted by molar-refractivity contribution is -0.155. The number of hydrogen-bond donors (Lipinski definition) is 2. The Hall–Kier alpha value is -3.83. The Balaban J connectivity index is 1.59. The molecule has 2 aliphatic heterocycles. The van der Waals surface area contributed by atoms with E-state index in [4.69, 9.17) is 0 Å². The Morgan fingerprint density at radius 2 is 1.74 bits per heavy atom. The first-order valence-electron chi connectivity index (χ1n) is 10.1. The van der Waals surface area contributed by atoms with Crippen molar-refractivity contribution < 1.29 is 41.1 Å². The van der Waals surface area contributed by atoms with Crippen molar-refractivity contribution in [2.45, 2.75) is 37.6 Å². The topological polar surface area (TPSA) is 95.6 Å². The van der Waals surface area contributed by atoms with E-state index in [0.29, 0.717) is 0 Å². The SMILES string of the molecule is O=C1CCC(N2Cc3c(ccc(C(=O)NC(c4ccc(F)cc4)C(F)(F)F)c3F)C2=O)C(=O)N1. The third-order valence-electron chi connectivity index (χ3n) is 5.70. The number of nitrogens with zero attached hydrogens (tertiary/aromatic N) is 1. The van der Waals surface area contributed by atoms with Crippen LogP contribution in [0.15, 0.2) is 36.4 Å². The molecule has 2 unspecified atom stereocenters. The van der Waals surface area contributed by atoms with Crippen LogP contribution < -0.4 is 10.6 Å². The number of imide groups is 1. The Kier molecular flexibility index (Phi) is 5.84. The number of carbonyl (C=O) groups excluding carboxylic acids is 4. The van der Waals surface area contributed by atoms with Crippen LogP contribution in [0.4, 0.5) is 22.0 Å². The lowest BCUT2D eigenvalue weighted by Gasteiger charge is -2.29. The summed E-state index contributed by atoms with van der Waals surface area (Å²) in [5.41, 5.74) is -1.56. The number of fused-ring (bicyclic) bond motifs is 1. The van der Waals surface area contributed by atoms with Gasteiger partial charge in [-0.3, -0.25) is 24.5 Å². The van der Waals surface area contributed by atoms with Crippen molar-refractivity contribution in [3.8, 4) is 0 Å². The van der Waals surface area contributed by atoms with Gasteiger partial charge in [0.15, 0.2) is 6.04 Å². The van der Waals surface area contributed by atoms with E-state index in [0.717, 1.165) is 41.3 Å². The van der Waals surface area contributed by atoms with Gasteiger partial charge in [0.1, 0.15) is 17.7 Å². The molecule has 0 aromatic heterocycles. The van der Waals surface area contributed by atoms with Crippen LogP contribution in [0.2, 0.25) is 0 Å². The molecule has 0 radical (unpaired) electrons. The smallest absolute Gasteiger partial charge is 0.337 e. The fourth-order valence-electron chi connectivity index (χ4n) is 4.00. The first-order valence-corrected chi connectivity index (χ1v) is 10.1. The molecule has 0 aliphatic carbocycles. The zero-order valence-corrected chi connectivity index (χ0v) is 17.2. The largest absolute Gasteiger partial charge is 0.412 e. The molecule has 12 heteroatoms. The third kappa shape index (κ3) is 4.22. The number of hydrogen-bond acceptors (Lipinski definition) is 4. The van der Waals surface area contributed by atoms with Crippen molar-refractivity contribution in [3.05, 3.63) is 70.3 Å². The first-order chi connectivity index (χ1) is 16.0. The summed E-state index contributed by atoms with van der Waals surface area (Å²) in [6, 6.07) is 1.72. The van der Waals surface area contributed by atoms with Crippen molar-refractivity contribution in [3.63, 3.8) is 0 Å². The maximum atomic E-state index is 15.2. The number of carbonyl (C=O) groups is 4. The fraction of sp³-hybridized carbons (Fsp3) is 0.273. The molecule has 178 valence electrons. The van der Waals surface area contributed by atoms with Gasteiger partial charge in [-0.15, -0.1) is 0 Å². The van der Waals surface area contributed by atoms with E-state index in [1.807, 2.05) is 0 Å². The molecule has 1 saturated heterocycles. The molecule has 2 atom stereocenters. The highest BCUT2D eigenvalue weighted by molar-refractivity contribution is 6.06. The number of benzene rings is 2. The van der Waals surface area contributed by atoms with E-state index in [-0.39, 0.29) is 24.0 Å². The number of amides is 4. The first kappa shape index (κ1) is 23.3. The minimum absolute atomic E-state index is 0.0190. The molecule has 2 N–H and O–H groups in total. The highest BCUT2D eigenvalue weighted by Crippen LogP contribution is 2.34. The average molecular weight is 481 g/mol. The van der Waals surface area contributed by atoms with Crippen LogP contribution in [0.1, 0.15) is 50.7 Å². The van der Waals surface area contributed by atoms with Crippen molar-refractivity contribution in [2.75, 3.05) is 0 Å². The normalized spacial score (nSPS) is 19.0. The van der Waals surface area contributed by atoms with Gasteiger partial charge in [0, 0.05) is 17.5 Å². The van der Waals surface area contributed by atoms with Gasteiger partial charge in [-0.2, -0.15) is 13.2 Å². The Morgan fingerprint density at radius 3 is 2.35 bits per heavy atom. The highest BCUT2D eigenvalue weighted by atomic mass is 19.4. The Bertz CT molecular complexity index is 1200. The van der Waals surface area contributed by atoms with E-state index < -0.39 is 71.2 Å². The number of piperidine rings is 1. The van der Waals surface area contributed by atoms with Crippen molar-refractivity contribution in [2.24, 2.45) is 0 Å². The second kappa shape index (κ2) is 8.50. The standard InChI is InChI=1S/C22H16F5N3O4/c23-11-3-1-10(2-4-11)18(22(25,26)27)29-19(32)13-6-5-12-14(17(13)24)9-30(21(12)34)15-7-8-16(31)28-20(15)33/h1-6,15,18H,7-9H2,(H,29,32)(H,28,31,33). The van der Waals surface area contributed by atoms with Crippen molar-refractivity contribution in [1.82, 2.24) is 15.5 Å². The quantitative estimate of drug-likeness (QED) is 0.519. The predicted octanol–water partition coefficient (Wildman–Crippen LogP) is 2.76. The minimum Gasteiger partial charge on any atom is -0.337 e. The van der Waals surface area contributed by atoms with E-state index in [1.165, 1.54) is 0 Å². The second-order valence-electron chi connectivity index (χ2n) is 7.85. The molecule has 7 nitrogen and oxygen atoms in total. The lowest BCUT2D eigenvalue weighted by atomic mass is 10.0. The maximum Gasteiger partial charge on any atom is 0.412 e. The summed E-state index contributed by atoms with van der Waals surface area (Å²) in [5, 5.41) is 3.81. The van der Waals surface area contributed by atoms with Gasteiger partial charge >= 0.3 is 6.18 Å². The molecule has 0 spiro atoms. The van der Waals surface area contributed by atoms with Crippen LogP contribution in [-0.4, -0.2) is 40.7 Å². The predicted molar refractivity (Wildman–Crippen MR) is 105 cm³/mol. The van der Waals surface area contributed by atoms with Gasteiger partial charge in [-0.1, -0.05) is 12.1 Å². The van der Waals surface area contributed by atoms with Crippen molar-refractivity contribution in [1.29, 1.82) is 0 Å². The zero-order valence-electron chi connectivity index (χ0n) is 17.2. The summed E-state index contributed by atoms with van der Waals surface area (Å²) in [6.45, 7) is -0.395. The van der Waals surface area contributed by atoms with Crippen LogP contribution in [0, 0.1) is 11.6 Å². The van der Waals surface area contributed by atoms with E-state index >= 15 is 4.39 Å². The number of rotatable bonds is 4. The van der Waals surface area contributed by atoms with Gasteiger partial charge in [0.25, 0.3) is 11.8 Å². The summed E-state index contributed by atoms with van der Waals surface area (Å²) in [4.78, 5) is 49.8. The molecular formula is C22H16F5N3O4. The van der Waals surface area contributed by atoms with Crippen LogP contribution >= 0.6 is 0 Å². The molecule has 2 aliphatic rings. The molecule has 0 saturated carbocycles. The van der Waals surface area contributed by atoms with Crippen LogP contribution in [0.25, 0.3) is 0 Å². The monoisotopic (exact) mass is 481 g/mol.